The Morgan fingerprint density at radius 2 is 2.42 bits per heavy atom. The fraction of sp³-hybridized carbons (Fsp3) is 0.500. The van der Waals surface area contributed by atoms with Crippen molar-refractivity contribution in [2.45, 2.75) is 12.5 Å². The van der Waals surface area contributed by atoms with Gasteiger partial charge in [0.2, 0.25) is 0 Å². The van der Waals surface area contributed by atoms with Gasteiger partial charge in [0.1, 0.15) is 5.75 Å². The third-order valence-corrected chi connectivity index (χ3v) is 2.58. The monoisotopic (exact) mass is 188 g/mol. The van der Waals surface area contributed by atoms with Gasteiger partial charge in [0.15, 0.2) is 0 Å². The van der Waals surface area contributed by atoms with Gasteiger partial charge in [-0.1, -0.05) is 0 Å². The molecule has 0 spiro atoms. The van der Waals surface area contributed by atoms with Gasteiger partial charge in [0, 0.05) is 13.0 Å². The first-order valence-electron chi connectivity index (χ1n) is 3.70. The molecule has 12 heavy (non-hydrogen) atoms. The smallest absolute Gasteiger partial charge is 0.135 e. The minimum atomic E-state index is -0.607. The van der Waals surface area contributed by atoms with Crippen LogP contribution in [0.3, 0.4) is 0 Å². The highest BCUT2D eigenvalue weighted by Crippen LogP contribution is 2.31. The maximum absolute atomic E-state index is 9.49. The van der Waals surface area contributed by atoms with Gasteiger partial charge in [-0.15, -0.1) is 11.3 Å². The van der Waals surface area contributed by atoms with Crippen LogP contribution in [0.15, 0.2) is 11.4 Å². The van der Waals surface area contributed by atoms with Gasteiger partial charge in [-0.25, -0.2) is 0 Å². The third-order valence-electron chi connectivity index (χ3n) is 1.58. The molecule has 0 radical (unpaired) electrons. The van der Waals surface area contributed by atoms with Crippen molar-refractivity contribution in [3.05, 3.63) is 16.3 Å². The lowest BCUT2D eigenvalue weighted by atomic mass is 10.2. The summed E-state index contributed by atoms with van der Waals surface area (Å²) in [5.41, 5.74) is 0. The van der Waals surface area contributed by atoms with Gasteiger partial charge >= 0.3 is 0 Å². The molecule has 68 valence electrons. The topological polar surface area (TPSA) is 49.7 Å². The van der Waals surface area contributed by atoms with E-state index in [-0.39, 0.29) is 6.61 Å². The van der Waals surface area contributed by atoms with Crippen LogP contribution in [0, 0.1) is 0 Å². The second-order valence-corrected chi connectivity index (χ2v) is 3.33. The Morgan fingerprint density at radius 1 is 1.67 bits per heavy atom. The lowest BCUT2D eigenvalue weighted by Gasteiger charge is -2.08. The number of ether oxygens (including phenoxy) is 1. The summed E-state index contributed by atoms with van der Waals surface area (Å²) in [6.45, 7) is -0.0117. The Balaban J connectivity index is 2.71. The molecule has 0 bridgehead atoms. The Labute approximate surface area is 75.2 Å². The van der Waals surface area contributed by atoms with Gasteiger partial charge < -0.3 is 14.9 Å². The molecule has 1 aromatic rings. The molecule has 0 amide bonds. The molecule has 0 aliphatic carbocycles. The first kappa shape index (κ1) is 9.51. The summed E-state index contributed by atoms with van der Waals surface area (Å²) in [7, 11) is 1.57. The molecular formula is C8H12O3S. The summed E-state index contributed by atoms with van der Waals surface area (Å²) in [6, 6.07) is 1.81. The molecule has 0 fully saturated rings. The molecule has 0 aromatic carbocycles. The molecule has 0 saturated heterocycles. The van der Waals surface area contributed by atoms with Gasteiger partial charge in [-0.2, -0.15) is 0 Å². The van der Waals surface area contributed by atoms with Crippen molar-refractivity contribution in [3.63, 3.8) is 0 Å². The molecule has 1 rings (SSSR count). The molecule has 1 heterocycles. The molecule has 4 heteroatoms. The highest BCUT2D eigenvalue weighted by atomic mass is 32.1. The van der Waals surface area contributed by atoms with Crippen molar-refractivity contribution in [2.75, 3.05) is 13.7 Å². The van der Waals surface area contributed by atoms with E-state index in [1.54, 1.807) is 13.2 Å². The molecule has 0 unspecified atom stereocenters. The van der Waals surface area contributed by atoms with E-state index in [1.807, 2.05) is 5.38 Å². The van der Waals surface area contributed by atoms with E-state index in [1.165, 1.54) is 11.3 Å². The first-order valence-corrected chi connectivity index (χ1v) is 4.58. The van der Waals surface area contributed by atoms with Crippen LogP contribution >= 0.6 is 11.3 Å². The van der Waals surface area contributed by atoms with E-state index in [0.29, 0.717) is 12.2 Å². The Hall–Kier alpha value is -0.580. The lowest BCUT2D eigenvalue weighted by molar-refractivity contribution is 0.135. The average molecular weight is 188 g/mol. The van der Waals surface area contributed by atoms with Crippen molar-refractivity contribution < 1.29 is 14.9 Å². The standard InChI is InChI=1S/C8H12O3S/c1-11-7-3-5-12-8(7)6(10)2-4-9/h3,5-6,9-10H,2,4H2,1H3/t6-/m0/s1. The second kappa shape index (κ2) is 4.45. The van der Waals surface area contributed by atoms with E-state index in [0.717, 1.165) is 4.88 Å². The largest absolute Gasteiger partial charge is 0.495 e. The second-order valence-electron chi connectivity index (χ2n) is 2.38. The summed E-state index contributed by atoms with van der Waals surface area (Å²) in [5, 5.41) is 20.0. The van der Waals surface area contributed by atoms with E-state index in [9.17, 15) is 5.11 Å². The number of rotatable bonds is 4. The zero-order chi connectivity index (χ0) is 8.97. The minimum absolute atomic E-state index is 0.0117. The van der Waals surface area contributed by atoms with Crippen LogP contribution in [0.25, 0.3) is 0 Å². The maximum atomic E-state index is 9.49. The third kappa shape index (κ3) is 1.97. The summed E-state index contributed by atoms with van der Waals surface area (Å²) in [4.78, 5) is 0.784. The van der Waals surface area contributed by atoms with Crippen molar-refractivity contribution in [3.8, 4) is 5.75 Å². The normalized spacial score (nSPS) is 12.9. The van der Waals surface area contributed by atoms with Gasteiger partial charge in [0.25, 0.3) is 0 Å². The predicted molar refractivity (Wildman–Crippen MR) is 47.5 cm³/mol. The van der Waals surface area contributed by atoms with E-state index in [4.69, 9.17) is 9.84 Å². The van der Waals surface area contributed by atoms with Gasteiger partial charge in [0.05, 0.1) is 18.1 Å². The summed E-state index contributed by atoms with van der Waals surface area (Å²) in [6.07, 6.45) is -0.249. The van der Waals surface area contributed by atoms with Crippen LogP contribution in [0.4, 0.5) is 0 Å². The molecule has 0 aliphatic rings. The molecule has 1 atom stereocenters. The zero-order valence-electron chi connectivity index (χ0n) is 6.86. The summed E-state index contributed by atoms with van der Waals surface area (Å²) in [5.74, 6) is 0.695. The van der Waals surface area contributed by atoms with Crippen LogP contribution in [0.2, 0.25) is 0 Å². The number of hydrogen-bond donors (Lipinski definition) is 2. The maximum Gasteiger partial charge on any atom is 0.135 e. The first-order chi connectivity index (χ1) is 5.79. The summed E-state index contributed by atoms with van der Waals surface area (Å²) >= 11 is 1.44. The fourth-order valence-electron chi connectivity index (χ4n) is 0.974. The molecule has 0 saturated carbocycles. The number of methoxy groups -OCH3 is 1. The highest BCUT2D eigenvalue weighted by Gasteiger charge is 2.13. The SMILES string of the molecule is COc1ccsc1[C@@H](O)CCO. The molecular weight excluding hydrogens is 176 g/mol. The highest BCUT2D eigenvalue weighted by molar-refractivity contribution is 7.10. The van der Waals surface area contributed by atoms with Gasteiger partial charge in [-0.3, -0.25) is 0 Å². The number of hydrogen-bond acceptors (Lipinski definition) is 4. The van der Waals surface area contributed by atoms with E-state index < -0.39 is 6.10 Å². The van der Waals surface area contributed by atoms with E-state index in [2.05, 4.69) is 0 Å². The van der Waals surface area contributed by atoms with Crippen molar-refractivity contribution in [1.29, 1.82) is 0 Å². The summed E-state index contributed by atoms with van der Waals surface area (Å²) < 4.78 is 5.02. The molecule has 2 N–H and O–H groups in total. The van der Waals surface area contributed by atoms with E-state index >= 15 is 0 Å². The Kier molecular flexibility index (Phi) is 3.52. The van der Waals surface area contributed by atoms with Gasteiger partial charge in [-0.05, 0) is 11.4 Å². The zero-order valence-corrected chi connectivity index (χ0v) is 7.67. The molecule has 1 aromatic heterocycles. The van der Waals surface area contributed by atoms with Crippen LogP contribution < -0.4 is 4.74 Å². The van der Waals surface area contributed by atoms with Crippen LogP contribution in [0.1, 0.15) is 17.4 Å². The average Bonchev–Trinajstić information content (AvgIpc) is 2.51. The number of thiophene rings is 1. The minimum Gasteiger partial charge on any atom is -0.495 e. The number of aliphatic hydroxyl groups excluding tert-OH is 2. The predicted octanol–water partition coefficient (Wildman–Crippen LogP) is 1.17. The van der Waals surface area contributed by atoms with Crippen LogP contribution in [0.5, 0.6) is 5.75 Å². The number of aliphatic hydroxyl groups is 2. The fourth-order valence-corrected chi connectivity index (χ4v) is 1.85. The van der Waals surface area contributed by atoms with Crippen molar-refractivity contribution in [1.82, 2.24) is 0 Å². The Bertz CT molecular complexity index is 234. The van der Waals surface area contributed by atoms with Crippen molar-refractivity contribution in [2.24, 2.45) is 0 Å². The quantitative estimate of drug-likeness (QED) is 0.745. The molecule has 3 nitrogen and oxygen atoms in total. The van der Waals surface area contributed by atoms with Crippen LogP contribution in [-0.4, -0.2) is 23.9 Å². The van der Waals surface area contributed by atoms with Crippen LogP contribution in [-0.2, 0) is 0 Å². The lowest BCUT2D eigenvalue weighted by Crippen LogP contribution is -1.99. The van der Waals surface area contributed by atoms with Crippen molar-refractivity contribution >= 4 is 11.3 Å². The molecule has 0 aliphatic heterocycles. The Morgan fingerprint density at radius 3 is 3.00 bits per heavy atom.